The van der Waals surface area contributed by atoms with E-state index >= 15 is 0 Å². The van der Waals surface area contributed by atoms with Gasteiger partial charge in [0.15, 0.2) is 18.1 Å². The summed E-state index contributed by atoms with van der Waals surface area (Å²) in [6, 6.07) is 18.8. The molecular weight excluding hydrogens is 438 g/mol. The average molecular weight is 463 g/mol. The summed E-state index contributed by atoms with van der Waals surface area (Å²) in [6.45, 7) is -0.222. The molecule has 34 heavy (non-hydrogen) atoms. The van der Waals surface area contributed by atoms with E-state index in [2.05, 4.69) is 15.8 Å². The molecule has 9 heteroatoms. The molecule has 0 aliphatic rings. The van der Waals surface area contributed by atoms with Gasteiger partial charge in [-0.1, -0.05) is 12.1 Å². The number of carbonyl (C=O) groups excluding carboxylic acids is 2. The molecule has 0 fully saturated rings. The van der Waals surface area contributed by atoms with E-state index in [1.807, 2.05) is 6.07 Å². The number of nitrogens with zero attached hydrogens (tertiary/aromatic N) is 1. The zero-order chi connectivity index (χ0) is 24.3. The number of ether oxygens (including phenoxy) is 4. The maximum absolute atomic E-state index is 12.3. The van der Waals surface area contributed by atoms with Crippen molar-refractivity contribution in [2.45, 2.75) is 0 Å². The predicted octanol–water partition coefficient (Wildman–Crippen LogP) is 3.49. The van der Waals surface area contributed by atoms with Crippen LogP contribution in [0, 0.1) is 0 Å². The summed E-state index contributed by atoms with van der Waals surface area (Å²) in [7, 11) is 4.58. The molecule has 0 saturated carbocycles. The Morgan fingerprint density at radius 1 is 0.853 bits per heavy atom. The molecule has 0 saturated heterocycles. The molecule has 0 atom stereocenters. The minimum atomic E-state index is -0.355. The minimum absolute atomic E-state index is 0.222. The number of rotatable bonds is 10. The van der Waals surface area contributed by atoms with Crippen molar-refractivity contribution >= 4 is 23.7 Å². The molecule has 0 heterocycles. The van der Waals surface area contributed by atoms with Crippen molar-refractivity contribution in [3.63, 3.8) is 0 Å². The molecule has 2 N–H and O–H groups in total. The topological polar surface area (TPSA) is 107 Å². The Balaban J connectivity index is 1.57. The molecule has 0 aliphatic heterocycles. The maximum atomic E-state index is 12.3. The van der Waals surface area contributed by atoms with E-state index in [9.17, 15) is 9.59 Å². The number of hydrogen-bond acceptors (Lipinski definition) is 7. The van der Waals surface area contributed by atoms with Gasteiger partial charge >= 0.3 is 0 Å². The van der Waals surface area contributed by atoms with Gasteiger partial charge in [0, 0.05) is 5.56 Å². The first-order chi connectivity index (χ1) is 16.5. The summed E-state index contributed by atoms with van der Waals surface area (Å²) in [5, 5.41) is 6.72. The van der Waals surface area contributed by atoms with Crippen LogP contribution in [-0.2, 0) is 4.79 Å². The maximum Gasteiger partial charge on any atom is 0.271 e. The van der Waals surface area contributed by atoms with Crippen molar-refractivity contribution in [2.24, 2.45) is 5.10 Å². The summed E-state index contributed by atoms with van der Waals surface area (Å²) in [6.07, 6.45) is 1.47. The predicted molar refractivity (Wildman–Crippen MR) is 128 cm³/mol. The Kier molecular flexibility index (Phi) is 8.45. The van der Waals surface area contributed by atoms with Gasteiger partial charge in [-0.25, -0.2) is 5.43 Å². The third kappa shape index (κ3) is 6.49. The fourth-order valence-electron chi connectivity index (χ4n) is 2.93. The van der Waals surface area contributed by atoms with Crippen molar-refractivity contribution < 1.29 is 28.5 Å². The monoisotopic (exact) mass is 463 g/mol. The van der Waals surface area contributed by atoms with Crippen LogP contribution in [0.25, 0.3) is 0 Å². The summed E-state index contributed by atoms with van der Waals surface area (Å²) in [5.41, 5.74) is 4.13. The number of hydrazone groups is 1. The Bertz CT molecular complexity index is 1160. The number of nitrogens with one attached hydrogen (secondary N) is 2. The summed E-state index contributed by atoms with van der Waals surface area (Å²) in [5.74, 6) is 1.31. The van der Waals surface area contributed by atoms with Crippen molar-refractivity contribution in [3.8, 4) is 23.0 Å². The van der Waals surface area contributed by atoms with E-state index in [4.69, 9.17) is 18.9 Å². The molecule has 0 bridgehead atoms. The molecule has 0 aromatic heterocycles. The van der Waals surface area contributed by atoms with Gasteiger partial charge in [-0.3, -0.25) is 9.59 Å². The smallest absolute Gasteiger partial charge is 0.271 e. The van der Waals surface area contributed by atoms with Gasteiger partial charge in [0.1, 0.15) is 11.5 Å². The molecule has 9 nitrogen and oxygen atoms in total. The second kappa shape index (κ2) is 11.9. The number of anilines is 1. The van der Waals surface area contributed by atoms with E-state index in [0.29, 0.717) is 39.8 Å². The molecule has 176 valence electrons. The number of hydrogen-bond donors (Lipinski definition) is 2. The van der Waals surface area contributed by atoms with Gasteiger partial charge in [0.25, 0.3) is 11.8 Å². The van der Waals surface area contributed by atoms with Crippen LogP contribution in [0.2, 0.25) is 0 Å². The van der Waals surface area contributed by atoms with Crippen molar-refractivity contribution in [2.75, 3.05) is 33.3 Å². The van der Waals surface area contributed by atoms with Gasteiger partial charge < -0.3 is 24.3 Å². The quantitative estimate of drug-likeness (QED) is 0.352. The average Bonchev–Trinajstić information content (AvgIpc) is 2.88. The zero-order valence-electron chi connectivity index (χ0n) is 19.0. The highest BCUT2D eigenvalue weighted by molar-refractivity contribution is 5.95. The molecule has 0 radical (unpaired) electrons. The van der Waals surface area contributed by atoms with Crippen LogP contribution in [0.4, 0.5) is 5.69 Å². The van der Waals surface area contributed by atoms with E-state index in [1.54, 1.807) is 67.8 Å². The van der Waals surface area contributed by atoms with Gasteiger partial charge in [-0.2, -0.15) is 5.10 Å². The lowest BCUT2D eigenvalue weighted by atomic mass is 10.2. The van der Waals surface area contributed by atoms with Crippen molar-refractivity contribution in [1.29, 1.82) is 0 Å². The fourth-order valence-corrected chi connectivity index (χ4v) is 2.93. The molecule has 3 aromatic rings. The van der Waals surface area contributed by atoms with Crippen LogP contribution in [0.1, 0.15) is 15.9 Å². The summed E-state index contributed by atoms with van der Waals surface area (Å²) >= 11 is 0. The number of carbonyl (C=O) groups is 2. The van der Waals surface area contributed by atoms with E-state index in [0.717, 1.165) is 0 Å². The minimum Gasteiger partial charge on any atom is -0.497 e. The third-order valence-corrected chi connectivity index (χ3v) is 4.66. The summed E-state index contributed by atoms with van der Waals surface area (Å²) < 4.78 is 21.3. The van der Waals surface area contributed by atoms with Gasteiger partial charge in [0.2, 0.25) is 0 Å². The lowest BCUT2D eigenvalue weighted by molar-refractivity contribution is -0.118. The van der Waals surface area contributed by atoms with Crippen LogP contribution in [0.15, 0.2) is 71.8 Å². The normalized spacial score (nSPS) is 10.4. The standard InChI is InChI=1S/C25H25N3O6/c1-31-19-11-9-18(10-12-19)25(30)28-26-15-17-8-13-22(23(14-17)33-3)34-16-24(29)27-20-6-4-5-7-21(20)32-2/h4-15H,16H2,1-3H3,(H,27,29)(H,28,30)/b26-15+. The molecule has 0 aliphatic carbocycles. The van der Waals surface area contributed by atoms with Gasteiger partial charge in [-0.15, -0.1) is 0 Å². The van der Waals surface area contributed by atoms with Gasteiger partial charge in [-0.05, 0) is 60.2 Å². The van der Waals surface area contributed by atoms with Crippen LogP contribution in [-0.4, -0.2) is 46.0 Å². The Labute approximate surface area is 197 Å². The number of amides is 2. The second-order valence-electron chi connectivity index (χ2n) is 6.88. The third-order valence-electron chi connectivity index (χ3n) is 4.66. The molecule has 3 aromatic carbocycles. The van der Waals surface area contributed by atoms with Crippen LogP contribution < -0.4 is 29.7 Å². The first-order valence-electron chi connectivity index (χ1n) is 10.2. The largest absolute Gasteiger partial charge is 0.497 e. The SMILES string of the molecule is COc1ccc(C(=O)N/N=C/c2ccc(OCC(=O)Nc3ccccc3OC)c(OC)c2)cc1. The molecule has 3 rings (SSSR count). The highest BCUT2D eigenvalue weighted by Gasteiger charge is 2.11. The zero-order valence-corrected chi connectivity index (χ0v) is 19.0. The Morgan fingerprint density at radius 2 is 1.59 bits per heavy atom. The first-order valence-corrected chi connectivity index (χ1v) is 10.2. The van der Waals surface area contributed by atoms with Crippen LogP contribution >= 0.6 is 0 Å². The van der Waals surface area contributed by atoms with E-state index in [1.165, 1.54) is 20.4 Å². The molecule has 0 spiro atoms. The first kappa shape index (κ1) is 24.1. The van der Waals surface area contributed by atoms with Crippen LogP contribution in [0.3, 0.4) is 0 Å². The van der Waals surface area contributed by atoms with E-state index in [-0.39, 0.29) is 18.4 Å². The second-order valence-corrected chi connectivity index (χ2v) is 6.88. The lowest BCUT2D eigenvalue weighted by Gasteiger charge is -2.12. The molecule has 2 amide bonds. The number of para-hydroxylation sites is 2. The number of methoxy groups -OCH3 is 3. The Hall–Kier alpha value is -4.53. The number of benzene rings is 3. The van der Waals surface area contributed by atoms with Gasteiger partial charge in [0.05, 0.1) is 33.2 Å². The Morgan fingerprint density at radius 3 is 2.29 bits per heavy atom. The lowest BCUT2D eigenvalue weighted by Crippen LogP contribution is -2.20. The fraction of sp³-hybridized carbons (Fsp3) is 0.160. The van der Waals surface area contributed by atoms with Crippen molar-refractivity contribution in [1.82, 2.24) is 5.43 Å². The summed E-state index contributed by atoms with van der Waals surface area (Å²) in [4.78, 5) is 24.5. The van der Waals surface area contributed by atoms with Crippen LogP contribution in [0.5, 0.6) is 23.0 Å². The molecular formula is C25H25N3O6. The molecule has 0 unspecified atom stereocenters. The highest BCUT2D eigenvalue weighted by Crippen LogP contribution is 2.28. The highest BCUT2D eigenvalue weighted by atomic mass is 16.5. The van der Waals surface area contributed by atoms with Crippen molar-refractivity contribution in [3.05, 3.63) is 77.9 Å². The van der Waals surface area contributed by atoms with E-state index < -0.39 is 0 Å².